The Bertz CT molecular complexity index is 444. The van der Waals surface area contributed by atoms with Crippen LogP contribution in [0.3, 0.4) is 0 Å². The van der Waals surface area contributed by atoms with Crippen molar-refractivity contribution in [2.45, 2.75) is 32.3 Å². The molecule has 0 atom stereocenters. The molecule has 3 heteroatoms. The number of rotatable bonds is 3. The predicted molar refractivity (Wildman–Crippen MR) is 76.8 cm³/mol. The van der Waals surface area contributed by atoms with Crippen molar-refractivity contribution in [2.24, 2.45) is 0 Å². The molecule has 0 bridgehead atoms. The Morgan fingerprint density at radius 3 is 1.79 bits per heavy atom. The molecule has 2 N–H and O–H groups in total. The molecular weight excluding hydrogens is 240 g/mol. The Morgan fingerprint density at radius 1 is 1.21 bits per heavy atom. The van der Waals surface area contributed by atoms with E-state index in [0.717, 1.165) is 24.0 Å². The van der Waals surface area contributed by atoms with Crippen LogP contribution >= 0.6 is 0 Å². The van der Waals surface area contributed by atoms with Gasteiger partial charge in [-0.05, 0) is 37.8 Å². The van der Waals surface area contributed by atoms with Crippen molar-refractivity contribution in [3.8, 4) is 0 Å². The number of carbonyl (C=O) groups is 1. The van der Waals surface area contributed by atoms with E-state index >= 15 is 0 Å². The van der Waals surface area contributed by atoms with Crippen LogP contribution in [-0.4, -0.2) is 21.8 Å². The lowest BCUT2D eigenvalue weighted by molar-refractivity contribution is -0.132. The summed E-state index contributed by atoms with van der Waals surface area (Å²) in [5, 5.41) is 18.2. The summed E-state index contributed by atoms with van der Waals surface area (Å²) in [6.45, 7) is 6.48. The van der Waals surface area contributed by atoms with Crippen LogP contribution in [0.25, 0.3) is 0 Å². The molecule has 2 rings (SSSR count). The first-order valence-electron chi connectivity index (χ1n) is 6.19. The van der Waals surface area contributed by atoms with E-state index in [-0.39, 0.29) is 5.57 Å². The van der Waals surface area contributed by atoms with E-state index < -0.39 is 11.6 Å². The minimum absolute atomic E-state index is 0.176. The summed E-state index contributed by atoms with van der Waals surface area (Å²) in [7, 11) is 0. The number of allylic oxidation sites excluding steroid dienone is 6. The lowest BCUT2D eigenvalue weighted by Crippen LogP contribution is -2.28. The number of hydrogen-bond donors (Lipinski definition) is 2. The fourth-order valence-electron chi connectivity index (χ4n) is 1.82. The first kappa shape index (κ1) is 15.2. The smallest absolute Gasteiger partial charge is 0.330 e. The van der Waals surface area contributed by atoms with E-state index in [2.05, 4.69) is 18.7 Å². The average molecular weight is 260 g/mol. The Morgan fingerprint density at radius 2 is 1.58 bits per heavy atom. The molecule has 0 saturated carbocycles. The van der Waals surface area contributed by atoms with Crippen LogP contribution in [0, 0.1) is 0 Å². The first-order valence-corrected chi connectivity index (χ1v) is 6.19. The van der Waals surface area contributed by atoms with Gasteiger partial charge in [0.2, 0.25) is 0 Å². The van der Waals surface area contributed by atoms with Gasteiger partial charge < -0.3 is 10.2 Å². The number of carboxylic acid groups (broad SMARTS) is 1. The van der Waals surface area contributed by atoms with E-state index in [1.165, 1.54) is 6.92 Å². The van der Waals surface area contributed by atoms with Gasteiger partial charge >= 0.3 is 5.97 Å². The summed E-state index contributed by atoms with van der Waals surface area (Å²) < 4.78 is 0. The molecule has 0 unspecified atom stereocenters. The fraction of sp³-hybridized carbons (Fsp3) is 0.312. The van der Waals surface area contributed by atoms with Gasteiger partial charge in [0, 0.05) is 5.57 Å². The maximum absolute atomic E-state index is 10.3. The average Bonchev–Trinajstić information content (AvgIpc) is 3.04. The summed E-state index contributed by atoms with van der Waals surface area (Å²) in [5.74, 6) is -0.935. The molecule has 0 heterocycles. The highest BCUT2D eigenvalue weighted by atomic mass is 16.4. The van der Waals surface area contributed by atoms with Crippen molar-refractivity contribution in [2.75, 3.05) is 0 Å². The SMILES string of the molecule is C=C(C)C(=O)O.CC(O)(C1=CC=CC1)C1=CC=CC1. The summed E-state index contributed by atoms with van der Waals surface area (Å²) in [5.41, 5.74) is 1.63. The van der Waals surface area contributed by atoms with Gasteiger partial charge in [0.1, 0.15) is 5.60 Å². The van der Waals surface area contributed by atoms with Crippen LogP contribution in [0.2, 0.25) is 0 Å². The van der Waals surface area contributed by atoms with E-state index in [9.17, 15) is 9.90 Å². The largest absolute Gasteiger partial charge is 0.478 e. The molecule has 0 aromatic rings. The third-order valence-corrected chi connectivity index (χ3v) is 3.16. The minimum atomic E-state index is -0.935. The quantitative estimate of drug-likeness (QED) is 0.766. The number of aliphatic carboxylic acids is 1. The second-order valence-electron chi connectivity index (χ2n) is 4.81. The van der Waals surface area contributed by atoms with Gasteiger partial charge in [-0.25, -0.2) is 4.79 Å². The second kappa shape index (κ2) is 6.34. The normalized spacial score (nSPS) is 16.6. The van der Waals surface area contributed by atoms with Gasteiger partial charge in [0.05, 0.1) is 0 Å². The van der Waals surface area contributed by atoms with Crippen LogP contribution in [0.15, 0.2) is 59.8 Å². The molecule has 0 aliphatic heterocycles. The Hall–Kier alpha value is -1.87. The van der Waals surface area contributed by atoms with Gasteiger partial charge in [-0.1, -0.05) is 43.0 Å². The molecule has 0 aromatic heterocycles. The standard InChI is InChI=1S/C12H14O.C4H6O2/c1-12(13,10-6-2-3-7-10)11-8-4-5-9-11;1-3(2)4(5)6/h2-6,8,13H,7,9H2,1H3;1H2,2H3,(H,5,6). The van der Waals surface area contributed by atoms with Gasteiger partial charge in [-0.15, -0.1) is 0 Å². The van der Waals surface area contributed by atoms with Gasteiger partial charge in [0.15, 0.2) is 0 Å². The number of carboxylic acids is 1. The topological polar surface area (TPSA) is 57.5 Å². The van der Waals surface area contributed by atoms with Gasteiger partial charge in [0.25, 0.3) is 0 Å². The van der Waals surface area contributed by atoms with Gasteiger partial charge in [-0.3, -0.25) is 0 Å². The molecule has 0 amide bonds. The van der Waals surface area contributed by atoms with E-state index in [1.54, 1.807) is 0 Å². The van der Waals surface area contributed by atoms with Crippen LogP contribution < -0.4 is 0 Å². The lowest BCUT2D eigenvalue weighted by Gasteiger charge is -2.26. The maximum Gasteiger partial charge on any atom is 0.330 e. The molecule has 19 heavy (non-hydrogen) atoms. The zero-order valence-corrected chi connectivity index (χ0v) is 11.4. The number of hydrogen-bond acceptors (Lipinski definition) is 2. The minimum Gasteiger partial charge on any atom is -0.478 e. The summed E-state index contributed by atoms with van der Waals surface area (Å²) in [6, 6.07) is 0. The molecule has 3 nitrogen and oxygen atoms in total. The van der Waals surface area contributed by atoms with E-state index in [0.29, 0.717) is 0 Å². The van der Waals surface area contributed by atoms with Crippen molar-refractivity contribution in [3.63, 3.8) is 0 Å². The highest BCUT2D eigenvalue weighted by Crippen LogP contribution is 2.34. The van der Waals surface area contributed by atoms with Crippen LogP contribution in [0.1, 0.15) is 26.7 Å². The van der Waals surface area contributed by atoms with Crippen molar-refractivity contribution in [1.82, 2.24) is 0 Å². The zero-order valence-electron chi connectivity index (χ0n) is 11.4. The molecule has 0 fully saturated rings. The molecule has 102 valence electrons. The van der Waals surface area contributed by atoms with Crippen LogP contribution in [0.5, 0.6) is 0 Å². The van der Waals surface area contributed by atoms with E-state index in [4.69, 9.17) is 5.11 Å². The highest BCUT2D eigenvalue weighted by Gasteiger charge is 2.30. The molecule has 0 spiro atoms. The highest BCUT2D eigenvalue weighted by molar-refractivity contribution is 5.84. The molecule has 2 aliphatic rings. The van der Waals surface area contributed by atoms with Crippen molar-refractivity contribution < 1.29 is 15.0 Å². The molecule has 0 aromatic carbocycles. The molecular formula is C16H20O3. The number of aliphatic hydroxyl groups is 1. The Balaban J connectivity index is 0.000000258. The summed E-state index contributed by atoms with van der Waals surface area (Å²) in [6.07, 6.45) is 14.0. The second-order valence-corrected chi connectivity index (χ2v) is 4.81. The third-order valence-electron chi connectivity index (χ3n) is 3.16. The summed E-state index contributed by atoms with van der Waals surface area (Å²) >= 11 is 0. The maximum atomic E-state index is 10.3. The van der Waals surface area contributed by atoms with E-state index in [1.807, 2.05) is 31.2 Å². The fourth-order valence-corrected chi connectivity index (χ4v) is 1.82. The molecule has 2 aliphatic carbocycles. The monoisotopic (exact) mass is 260 g/mol. The molecule has 0 radical (unpaired) electrons. The molecule has 0 saturated heterocycles. The first-order chi connectivity index (χ1) is 8.85. The lowest BCUT2D eigenvalue weighted by atomic mass is 9.86. The third kappa shape index (κ3) is 4.07. The van der Waals surface area contributed by atoms with Crippen molar-refractivity contribution in [1.29, 1.82) is 0 Å². The van der Waals surface area contributed by atoms with Crippen LogP contribution in [0.4, 0.5) is 0 Å². The Labute approximate surface area is 114 Å². The predicted octanol–water partition coefficient (Wildman–Crippen LogP) is 3.16. The van der Waals surface area contributed by atoms with Crippen LogP contribution in [-0.2, 0) is 4.79 Å². The van der Waals surface area contributed by atoms with Gasteiger partial charge in [-0.2, -0.15) is 0 Å². The summed E-state index contributed by atoms with van der Waals surface area (Å²) in [4.78, 5) is 9.60. The zero-order chi connectivity index (χ0) is 14.5. The Kier molecular flexibility index (Phi) is 5.07. The van der Waals surface area contributed by atoms with Crippen molar-refractivity contribution in [3.05, 3.63) is 59.8 Å². The van der Waals surface area contributed by atoms with Crippen molar-refractivity contribution >= 4 is 5.97 Å².